The van der Waals surface area contributed by atoms with Crippen LogP contribution in [0.3, 0.4) is 0 Å². The Labute approximate surface area is 237 Å². The van der Waals surface area contributed by atoms with Crippen LogP contribution in [0.1, 0.15) is 11.3 Å². The molecule has 3 aromatic carbocycles. The third-order valence-corrected chi connectivity index (χ3v) is 6.60. The molecule has 0 bridgehead atoms. The highest BCUT2D eigenvalue weighted by molar-refractivity contribution is 5.78. The number of ether oxygens (including phenoxy) is 5. The molecular formula is C31H30N2O8. The average Bonchev–Trinajstić information content (AvgIpc) is 3.59. The second-order valence-corrected chi connectivity index (χ2v) is 9.37. The molecule has 5 rings (SSSR count). The number of hydrogen-bond donors (Lipinski definition) is 1. The first-order valence-electron chi connectivity index (χ1n) is 13.0. The first-order valence-corrected chi connectivity index (χ1v) is 13.0. The van der Waals surface area contributed by atoms with Crippen LogP contribution in [-0.2, 0) is 17.9 Å². The van der Waals surface area contributed by atoms with Gasteiger partial charge in [-0.3, -0.25) is 9.69 Å². The highest BCUT2D eigenvalue weighted by Gasteiger charge is 2.20. The van der Waals surface area contributed by atoms with E-state index in [1.165, 1.54) is 7.11 Å². The molecule has 10 nitrogen and oxygen atoms in total. The van der Waals surface area contributed by atoms with E-state index in [0.29, 0.717) is 24.7 Å². The van der Waals surface area contributed by atoms with Crippen molar-refractivity contribution in [3.05, 3.63) is 90.1 Å². The van der Waals surface area contributed by atoms with Crippen molar-refractivity contribution in [2.24, 2.45) is 0 Å². The van der Waals surface area contributed by atoms with Crippen molar-refractivity contribution in [1.29, 1.82) is 0 Å². The molecule has 0 atom stereocenters. The number of carbonyl (C=O) groups excluding carboxylic acids is 1. The molecular weight excluding hydrogens is 528 g/mol. The predicted molar refractivity (Wildman–Crippen MR) is 150 cm³/mol. The fourth-order valence-electron chi connectivity index (χ4n) is 4.50. The van der Waals surface area contributed by atoms with Gasteiger partial charge >= 0.3 is 12.1 Å². The van der Waals surface area contributed by atoms with Gasteiger partial charge in [-0.2, -0.15) is 0 Å². The normalized spacial score (nSPS) is 11.7. The van der Waals surface area contributed by atoms with Crippen LogP contribution in [0.25, 0.3) is 11.3 Å². The van der Waals surface area contributed by atoms with E-state index in [0.717, 1.165) is 38.9 Å². The molecule has 41 heavy (non-hydrogen) atoms. The van der Waals surface area contributed by atoms with Gasteiger partial charge in [0.2, 0.25) is 6.79 Å². The van der Waals surface area contributed by atoms with E-state index in [2.05, 4.69) is 16.7 Å². The summed E-state index contributed by atoms with van der Waals surface area (Å²) in [6.45, 7) is 2.91. The number of hydrogen-bond acceptors (Lipinski definition) is 7. The zero-order valence-electron chi connectivity index (χ0n) is 22.7. The summed E-state index contributed by atoms with van der Waals surface area (Å²) in [5.41, 5.74) is 3.93. The summed E-state index contributed by atoms with van der Waals surface area (Å²) in [5.74, 6) is 1.90. The highest BCUT2D eigenvalue weighted by Crippen LogP contribution is 2.36. The first-order chi connectivity index (χ1) is 19.9. The van der Waals surface area contributed by atoms with Gasteiger partial charge in [0.25, 0.3) is 0 Å². The third kappa shape index (κ3) is 6.73. The number of benzene rings is 3. The lowest BCUT2D eigenvalue weighted by Gasteiger charge is -2.20. The summed E-state index contributed by atoms with van der Waals surface area (Å²) in [6, 6.07) is 23.7. The van der Waals surface area contributed by atoms with Crippen molar-refractivity contribution < 1.29 is 38.4 Å². The molecule has 1 aromatic heterocycles. The number of aliphatic carboxylic acids is 1. The maximum atomic E-state index is 12.7. The lowest BCUT2D eigenvalue weighted by Crippen LogP contribution is -2.37. The van der Waals surface area contributed by atoms with Crippen LogP contribution in [-0.4, -0.2) is 53.7 Å². The predicted octanol–water partition coefficient (Wildman–Crippen LogP) is 5.37. The third-order valence-electron chi connectivity index (χ3n) is 6.60. The fourth-order valence-corrected chi connectivity index (χ4v) is 4.50. The Morgan fingerprint density at radius 1 is 0.902 bits per heavy atom. The Kier molecular flexibility index (Phi) is 8.28. The van der Waals surface area contributed by atoms with Gasteiger partial charge in [-0.1, -0.05) is 12.1 Å². The smallest absolute Gasteiger partial charge is 0.416 e. The molecule has 0 fully saturated rings. The standard InChI is InChI=1S/C31H30N2O8/c1-21-3-13-27(23-6-14-28-29(17-23)40-20-39-28)33(21)15-16-38-25-7-4-22(5-8-25)18-32(19-30(34)35)31(36)41-26-11-9-24(37-2)10-12-26/h3-14,17H,15-16,18-20H2,1-2H3,(H,34,35). The Morgan fingerprint density at radius 2 is 1.61 bits per heavy atom. The van der Waals surface area contributed by atoms with Crippen molar-refractivity contribution in [3.63, 3.8) is 0 Å². The molecule has 0 unspecified atom stereocenters. The topological polar surface area (TPSA) is 109 Å². The number of fused-ring (bicyclic) bond motifs is 1. The quantitative estimate of drug-likeness (QED) is 0.262. The number of nitrogens with zero attached hydrogens (tertiary/aromatic N) is 2. The SMILES string of the molecule is COc1ccc(OC(=O)N(CC(=O)O)Cc2ccc(OCCn3c(C)ccc3-c3ccc4c(c3)OCO4)cc2)cc1. The van der Waals surface area contributed by atoms with Crippen LogP contribution >= 0.6 is 0 Å². The summed E-state index contributed by atoms with van der Waals surface area (Å²) in [4.78, 5) is 25.2. The van der Waals surface area contributed by atoms with Crippen molar-refractivity contribution in [1.82, 2.24) is 9.47 Å². The van der Waals surface area contributed by atoms with Crippen LogP contribution < -0.4 is 23.7 Å². The number of carboxylic acid groups (broad SMARTS) is 1. The molecule has 10 heteroatoms. The number of methoxy groups -OCH3 is 1. The molecule has 2 heterocycles. The summed E-state index contributed by atoms with van der Waals surface area (Å²) < 4.78 is 29.6. The number of carboxylic acids is 1. The molecule has 1 aliphatic heterocycles. The Balaban J connectivity index is 1.18. The maximum Gasteiger partial charge on any atom is 0.416 e. The molecule has 0 aliphatic carbocycles. The average molecular weight is 559 g/mol. The van der Waals surface area contributed by atoms with Crippen LogP contribution in [0.2, 0.25) is 0 Å². The molecule has 0 radical (unpaired) electrons. The number of aryl methyl sites for hydroxylation is 1. The number of rotatable bonds is 11. The second kappa shape index (κ2) is 12.4. The van der Waals surface area contributed by atoms with Gasteiger partial charge in [0.05, 0.1) is 13.7 Å². The minimum Gasteiger partial charge on any atom is -0.497 e. The molecule has 4 aromatic rings. The first kappa shape index (κ1) is 27.4. The zero-order chi connectivity index (χ0) is 28.8. The molecule has 1 aliphatic rings. The molecule has 1 N–H and O–H groups in total. The van der Waals surface area contributed by atoms with Gasteiger partial charge in [-0.25, -0.2) is 4.79 Å². The zero-order valence-corrected chi connectivity index (χ0v) is 22.7. The fraction of sp³-hybridized carbons (Fsp3) is 0.226. The number of carbonyl (C=O) groups is 2. The largest absolute Gasteiger partial charge is 0.497 e. The van der Waals surface area contributed by atoms with Crippen molar-refractivity contribution in [2.45, 2.75) is 20.0 Å². The molecule has 0 saturated heterocycles. The van der Waals surface area contributed by atoms with Gasteiger partial charge in [0.1, 0.15) is 30.4 Å². The maximum absolute atomic E-state index is 12.7. The van der Waals surface area contributed by atoms with E-state index in [1.807, 2.05) is 25.1 Å². The number of amides is 1. The molecule has 0 saturated carbocycles. The van der Waals surface area contributed by atoms with Crippen molar-refractivity contribution in [3.8, 4) is 40.0 Å². The molecule has 0 spiro atoms. The minimum atomic E-state index is -1.14. The van der Waals surface area contributed by atoms with Crippen molar-refractivity contribution >= 4 is 12.1 Å². The Bertz CT molecular complexity index is 1510. The van der Waals surface area contributed by atoms with E-state index >= 15 is 0 Å². The van der Waals surface area contributed by atoms with Crippen LogP contribution in [0.4, 0.5) is 4.79 Å². The lowest BCUT2D eigenvalue weighted by molar-refractivity contribution is -0.138. The number of aromatic nitrogens is 1. The van der Waals surface area contributed by atoms with E-state index in [1.54, 1.807) is 48.5 Å². The van der Waals surface area contributed by atoms with Gasteiger partial charge in [-0.05, 0) is 79.2 Å². The van der Waals surface area contributed by atoms with Gasteiger partial charge in [0, 0.05) is 23.5 Å². The van der Waals surface area contributed by atoms with Crippen LogP contribution in [0, 0.1) is 6.92 Å². The van der Waals surface area contributed by atoms with E-state index in [-0.39, 0.29) is 19.1 Å². The van der Waals surface area contributed by atoms with Crippen LogP contribution in [0.15, 0.2) is 78.9 Å². The summed E-state index contributed by atoms with van der Waals surface area (Å²) in [6.07, 6.45) is -0.766. The second-order valence-electron chi connectivity index (χ2n) is 9.37. The van der Waals surface area contributed by atoms with E-state index < -0.39 is 18.6 Å². The monoisotopic (exact) mass is 558 g/mol. The van der Waals surface area contributed by atoms with Gasteiger partial charge in [-0.15, -0.1) is 0 Å². The Hall–Kier alpha value is -5.12. The molecule has 212 valence electrons. The Morgan fingerprint density at radius 3 is 2.34 bits per heavy atom. The van der Waals surface area contributed by atoms with E-state index in [4.69, 9.17) is 23.7 Å². The summed E-state index contributed by atoms with van der Waals surface area (Å²) in [7, 11) is 1.54. The summed E-state index contributed by atoms with van der Waals surface area (Å²) in [5, 5.41) is 9.32. The van der Waals surface area contributed by atoms with Crippen LogP contribution in [0.5, 0.6) is 28.7 Å². The van der Waals surface area contributed by atoms with Gasteiger partial charge in [0.15, 0.2) is 11.5 Å². The molecule has 1 amide bonds. The summed E-state index contributed by atoms with van der Waals surface area (Å²) >= 11 is 0. The van der Waals surface area contributed by atoms with E-state index in [9.17, 15) is 14.7 Å². The lowest BCUT2D eigenvalue weighted by atomic mass is 10.1. The van der Waals surface area contributed by atoms with Crippen molar-refractivity contribution in [2.75, 3.05) is 27.1 Å². The minimum absolute atomic E-state index is 0.0586. The highest BCUT2D eigenvalue weighted by atomic mass is 16.7. The van der Waals surface area contributed by atoms with Gasteiger partial charge < -0.3 is 33.4 Å².